The van der Waals surface area contributed by atoms with E-state index >= 15 is 0 Å². The Morgan fingerprint density at radius 1 is 1.29 bits per heavy atom. The molecule has 0 aromatic rings. The maximum absolute atomic E-state index is 5.67. The molecule has 2 atom stereocenters. The molecule has 102 valence electrons. The lowest BCUT2D eigenvalue weighted by Gasteiger charge is -2.29. The van der Waals surface area contributed by atoms with Gasteiger partial charge < -0.3 is 10.1 Å². The van der Waals surface area contributed by atoms with E-state index < -0.39 is 0 Å². The van der Waals surface area contributed by atoms with Crippen LogP contribution in [0.5, 0.6) is 0 Å². The number of quaternary nitrogens is 1. The van der Waals surface area contributed by atoms with Crippen molar-refractivity contribution in [3.8, 4) is 0 Å². The van der Waals surface area contributed by atoms with Crippen molar-refractivity contribution in [3.63, 3.8) is 0 Å². The van der Waals surface area contributed by atoms with Gasteiger partial charge in [-0.15, -0.1) is 0 Å². The molecule has 1 saturated carbocycles. The average Bonchev–Trinajstić information content (AvgIpc) is 2.24. The highest BCUT2D eigenvalue weighted by atomic mass is 16.5. The van der Waals surface area contributed by atoms with Crippen LogP contribution in [0.4, 0.5) is 0 Å². The molecular formula is C14H30N2O. The van der Waals surface area contributed by atoms with Crippen LogP contribution >= 0.6 is 0 Å². The molecule has 2 unspecified atom stereocenters. The highest BCUT2D eigenvalue weighted by Crippen LogP contribution is 2.27. The topological polar surface area (TPSA) is 37.9 Å². The molecule has 0 aliphatic heterocycles. The molecule has 0 heterocycles. The minimum Gasteiger partial charge on any atom is -0.479 e. The van der Waals surface area contributed by atoms with Gasteiger partial charge in [-0.2, -0.15) is 7.05 Å². The average molecular weight is 242 g/mol. The number of hydrogen-bond donors (Lipinski definition) is 2. The van der Waals surface area contributed by atoms with Crippen LogP contribution in [0.25, 0.3) is 0 Å². The van der Waals surface area contributed by atoms with Gasteiger partial charge in [-0.05, 0) is 46.0 Å². The third-order valence-corrected chi connectivity index (χ3v) is 3.43. The van der Waals surface area contributed by atoms with Crippen LogP contribution < -0.4 is 10.6 Å². The molecule has 1 rings (SSSR count). The van der Waals surface area contributed by atoms with Gasteiger partial charge in [0, 0.05) is 12.5 Å². The van der Waals surface area contributed by atoms with Gasteiger partial charge in [0.1, 0.15) is 0 Å². The zero-order valence-corrected chi connectivity index (χ0v) is 11.8. The Hall–Kier alpha value is -0.120. The molecule has 0 amide bonds. The lowest BCUT2D eigenvalue weighted by atomic mass is 9.81. The van der Waals surface area contributed by atoms with Crippen LogP contribution in [-0.2, 0) is 4.74 Å². The van der Waals surface area contributed by atoms with E-state index in [2.05, 4.69) is 38.5 Å². The third-order valence-electron chi connectivity index (χ3n) is 3.43. The lowest BCUT2D eigenvalue weighted by molar-refractivity contribution is -0.602. The first-order chi connectivity index (χ1) is 8.01. The van der Waals surface area contributed by atoms with E-state index in [4.69, 9.17) is 4.74 Å². The molecule has 1 aliphatic carbocycles. The molecular weight excluding hydrogens is 212 g/mol. The van der Waals surface area contributed by atoms with Gasteiger partial charge in [-0.25, -0.2) is 0 Å². The van der Waals surface area contributed by atoms with Crippen LogP contribution in [0, 0.1) is 18.9 Å². The molecule has 17 heavy (non-hydrogen) atoms. The fraction of sp³-hybridized carbons (Fsp3) is 0.929. The summed E-state index contributed by atoms with van der Waals surface area (Å²) in [6.07, 6.45) is 5.50. The Labute approximate surface area is 107 Å². The second-order valence-corrected chi connectivity index (χ2v) is 6.28. The molecule has 0 saturated heterocycles. The molecule has 1 aliphatic rings. The van der Waals surface area contributed by atoms with Crippen molar-refractivity contribution in [1.82, 2.24) is 5.32 Å². The van der Waals surface area contributed by atoms with Crippen molar-refractivity contribution in [2.75, 3.05) is 19.8 Å². The van der Waals surface area contributed by atoms with Gasteiger partial charge in [0.05, 0.1) is 18.9 Å². The van der Waals surface area contributed by atoms with Crippen LogP contribution in [0.15, 0.2) is 0 Å². The van der Waals surface area contributed by atoms with Gasteiger partial charge >= 0.3 is 0 Å². The highest BCUT2D eigenvalue weighted by Gasteiger charge is 2.22. The van der Waals surface area contributed by atoms with Crippen molar-refractivity contribution in [1.29, 1.82) is 0 Å². The Morgan fingerprint density at radius 3 is 2.65 bits per heavy atom. The van der Waals surface area contributed by atoms with Crippen molar-refractivity contribution in [3.05, 3.63) is 7.05 Å². The van der Waals surface area contributed by atoms with Crippen LogP contribution in [0.1, 0.15) is 46.5 Å². The van der Waals surface area contributed by atoms with E-state index in [0.717, 1.165) is 18.4 Å². The van der Waals surface area contributed by atoms with Crippen molar-refractivity contribution < 1.29 is 10.1 Å². The molecule has 0 aromatic carbocycles. The van der Waals surface area contributed by atoms with Crippen molar-refractivity contribution in [2.24, 2.45) is 11.8 Å². The Balaban J connectivity index is 2.10. The molecule has 0 bridgehead atoms. The largest absolute Gasteiger partial charge is 0.479 e. The first kappa shape index (κ1) is 14.9. The van der Waals surface area contributed by atoms with Gasteiger partial charge in [0.25, 0.3) is 0 Å². The Morgan fingerprint density at radius 2 is 2.00 bits per heavy atom. The van der Waals surface area contributed by atoms with Crippen molar-refractivity contribution >= 4 is 0 Å². The summed E-state index contributed by atoms with van der Waals surface area (Å²) >= 11 is 0. The maximum atomic E-state index is 5.67. The van der Waals surface area contributed by atoms with Gasteiger partial charge in [0.2, 0.25) is 0 Å². The summed E-state index contributed by atoms with van der Waals surface area (Å²) in [5.41, 5.74) is -0.0368. The van der Waals surface area contributed by atoms with Gasteiger partial charge in [-0.1, -0.05) is 6.42 Å². The molecule has 3 N–H and O–H groups in total. The summed E-state index contributed by atoms with van der Waals surface area (Å²) in [4.78, 5) is 0. The fourth-order valence-electron chi connectivity index (χ4n) is 2.57. The maximum Gasteiger partial charge on any atom is 0.0972 e. The second-order valence-electron chi connectivity index (χ2n) is 6.28. The summed E-state index contributed by atoms with van der Waals surface area (Å²) in [5, 5.41) is 5.50. The highest BCUT2D eigenvalue weighted by molar-refractivity contribution is 4.73. The van der Waals surface area contributed by atoms with Crippen LogP contribution in [0.2, 0.25) is 0 Å². The predicted molar refractivity (Wildman–Crippen MR) is 71.3 cm³/mol. The predicted octanol–water partition coefficient (Wildman–Crippen LogP) is 1.51. The quantitative estimate of drug-likeness (QED) is 0.421. The van der Waals surface area contributed by atoms with E-state index in [0.29, 0.717) is 6.73 Å². The van der Waals surface area contributed by atoms with E-state index in [1.54, 1.807) is 0 Å². The van der Waals surface area contributed by atoms with Crippen LogP contribution in [0.3, 0.4) is 0 Å². The normalized spacial score (nSPS) is 26.1. The molecule has 0 spiro atoms. The standard InChI is InChI=1S/C14H30N2O/c1-14(2,3)17-11-16-10-13-7-5-6-12(8-13)9-15-4/h12-13,16H,4-11,15H2,1-3H3. The van der Waals surface area contributed by atoms with E-state index in [-0.39, 0.29) is 5.60 Å². The van der Waals surface area contributed by atoms with Gasteiger partial charge in [0.15, 0.2) is 0 Å². The first-order valence-electron chi connectivity index (χ1n) is 6.97. The lowest BCUT2D eigenvalue weighted by Crippen LogP contribution is -2.78. The molecule has 0 aromatic heterocycles. The first-order valence-corrected chi connectivity index (χ1v) is 6.97. The second kappa shape index (κ2) is 7.34. The summed E-state index contributed by atoms with van der Waals surface area (Å²) in [7, 11) is 3.85. The van der Waals surface area contributed by atoms with E-state index in [1.165, 1.54) is 32.2 Å². The zero-order chi connectivity index (χ0) is 12.7. The minimum absolute atomic E-state index is 0.0368. The third kappa shape index (κ3) is 7.02. The Bertz CT molecular complexity index is 199. The number of hydrogen-bond acceptors (Lipinski definition) is 2. The molecule has 0 radical (unpaired) electrons. The number of nitrogens with two attached hydrogens (primary N) is 1. The smallest absolute Gasteiger partial charge is 0.0972 e. The fourth-order valence-corrected chi connectivity index (χ4v) is 2.57. The molecule has 3 nitrogen and oxygen atoms in total. The van der Waals surface area contributed by atoms with E-state index in [1.807, 2.05) is 0 Å². The van der Waals surface area contributed by atoms with E-state index in [9.17, 15) is 0 Å². The van der Waals surface area contributed by atoms with Crippen molar-refractivity contribution in [2.45, 2.75) is 52.1 Å². The summed E-state index contributed by atoms with van der Waals surface area (Å²) < 4.78 is 5.67. The monoisotopic (exact) mass is 242 g/mol. The summed E-state index contributed by atoms with van der Waals surface area (Å²) in [5.74, 6) is 1.70. The van der Waals surface area contributed by atoms with Gasteiger partial charge in [-0.3, -0.25) is 5.32 Å². The zero-order valence-electron chi connectivity index (χ0n) is 11.8. The number of nitrogens with one attached hydrogen (secondary N) is 1. The van der Waals surface area contributed by atoms with Crippen LogP contribution in [-0.4, -0.2) is 25.4 Å². The summed E-state index contributed by atoms with van der Waals surface area (Å²) in [6.45, 7) is 9.24. The number of rotatable bonds is 6. The Kier molecular flexibility index (Phi) is 6.45. The minimum atomic E-state index is -0.0368. The molecule has 1 fully saturated rings. The molecule has 3 heteroatoms. The SMILES string of the molecule is [CH2-][NH2+]CC1CCCC(CNCOC(C)(C)C)C1. The summed E-state index contributed by atoms with van der Waals surface area (Å²) in [6, 6.07) is 0. The number of ether oxygens (including phenoxy) is 1.